The summed E-state index contributed by atoms with van der Waals surface area (Å²) in [6.45, 7) is 3.09. The number of nitrogens with two attached hydrogens (primary N) is 2. The van der Waals surface area contributed by atoms with Crippen LogP contribution in [0.15, 0.2) is 24.3 Å². The summed E-state index contributed by atoms with van der Waals surface area (Å²) in [5.74, 6) is -1.40. The third kappa shape index (κ3) is 5.44. The van der Waals surface area contributed by atoms with E-state index in [0.717, 1.165) is 12.1 Å². The normalized spacial score (nSPS) is 10.4. The Kier molecular flexibility index (Phi) is 7.08. The van der Waals surface area contributed by atoms with E-state index in [-0.39, 0.29) is 58.3 Å². The number of hydrogen-bond acceptors (Lipinski definition) is 8. The van der Waals surface area contributed by atoms with Gasteiger partial charge < -0.3 is 20.9 Å². The van der Waals surface area contributed by atoms with Crippen molar-refractivity contribution in [3.8, 4) is 11.5 Å². The van der Waals surface area contributed by atoms with Gasteiger partial charge in [0.05, 0.1) is 34.2 Å². The summed E-state index contributed by atoms with van der Waals surface area (Å²) in [4.78, 5) is 43.8. The molecule has 164 valence electrons. The SMILES string of the molecule is Cc1c(OCCCOc2cc(C(N)=O)cc([N+](=O)[O-])c2C)cc(C(N)=O)cc1[N+](=O)[O-]. The summed E-state index contributed by atoms with van der Waals surface area (Å²) >= 11 is 0. The minimum Gasteiger partial charge on any atom is -0.493 e. The highest BCUT2D eigenvalue weighted by Gasteiger charge is 2.20. The van der Waals surface area contributed by atoms with Crippen molar-refractivity contribution < 1.29 is 28.9 Å². The summed E-state index contributed by atoms with van der Waals surface area (Å²) < 4.78 is 11.1. The predicted octanol–water partition coefficient (Wildman–Crippen LogP) is 2.17. The molecule has 0 unspecified atom stereocenters. The van der Waals surface area contributed by atoms with Gasteiger partial charge >= 0.3 is 0 Å². The maximum atomic E-state index is 11.4. The summed E-state index contributed by atoms with van der Waals surface area (Å²) in [6.07, 6.45) is 0.294. The van der Waals surface area contributed by atoms with Crippen molar-refractivity contribution in [2.24, 2.45) is 11.5 Å². The fourth-order valence-corrected chi connectivity index (χ4v) is 2.73. The molecule has 0 aliphatic carbocycles. The van der Waals surface area contributed by atoms with E-state index in [1.54, 1.807) is 0 Å². The fraction of sp³-hybridized carbons (Fsp3) is 0.263. The van der Waals surface area contributed by atoms with Crippen LogP contribution in [0.25, 0.3) is 0 Å². The van der Waals surface area contributed by atoms with E-state index in [1.807, 2.05) is 0 Å². The number of hydrogen-bond donors (Lipinski definition) is 2. The van der Waals surface area contributed by atoms with E-state index in [4.69, 9.17) is 20.9 Å². The lowest BCUT2D eigenvalue weighted by atomic mass is 10.1. The van der Waals surface area contributed by atoms with Crippen molar-refractivity contribution in [1.82, 2.24) is 0 Å². The van der Waals surface area contributed by atoms with Crippen molar-refractivity contribution in [1.29, 1.82) is 0 Å². The molecule has 0 heterocycles. The molecule has 4 N–H and O–H groups in total. The third-order valence-electron chi connectivity index (χ3n) is 4.43. The second kappa shape index (κ2) is 9.52. The molecule has 0 radical (unpaired) electrons. The fourth-order valence-electron chi connectivity index (χ4n) is 2.73. The maximum Gasteiger partial charge on any atom is 0.276 e. The highest BCUT2D eigenvalue weighted by atomic mass is 16.6. The molecule has 0 spiro atoms. The van der Waals surface area contributed by atoms with E-state index in [0.29, 0.717) is 6.42 Å². The van der Waals surface area contributed by atoms with Gasteiger partial charge in [0.2, 0.25) is 11.8 Å². The molecule has 12 heteroatoms. The molecule has 2 aromatic rings. The van der Waals surface area contributed by atoms with Gasteiger partial charge in [0.15, 0.2) is 0 Å². The van der Waals surface area contributed by atoms with Gasteiger partial charge in [-0.2, -0.15) is 0 Å². The molecule has 0 saturated carbocycles. The molecule has 0 aliphatic rings. The zero-order valence-corrected chi connectivity index (χ0v) is 16.7. The van der Waals surface area contributed by atoms with Gasteiger partial charge in [-0.05, 0) is 26.0 Å². The standard InChI is InChI=1S/C19H20N4O8/c1-10-14(22(26)27)6-12(18(20)24)8-16(10)30-4-3-5-31-17-9-13(19(21)25)7-15(11(17)2)23(28)29/h6-9H,3-5H2,1-2H3,(H2,20,24)(H2,21,25). The Morgan fingerprint density at radius 1 is 0.806 bits per heavy atom. The van der Waals surface area contributed by atoms with Crippen LogP contribution in [-0.4, -0.2) is 34.9 Å². The summed E-state index contributed by atoms with van der Waals surface area (Å²) in [5, 5.41) is 22.3. The number of rotatable bonds is 10. The van der Waals surface area contributed by atoms with Gasteiger partial charge in [-0.15, -0.1) is 0 Å². The molecule has 0 atom stereocenters. The number of amides is 2. The van der Waals surface area contributed by atoms with Crippen LogP contribution < -0.4 is 20.9 Å². The van der Waals surface area contributed by atoms with Crippen LogP contribution in [0.3, 0.4) is 0 Å². The zero-order valence-electron chi connectivity index (χ0n) is 16.7. The topological polar surface area (TPSA) is 191 Å². The Morgan fingerprint density at radius 2 is 1.16 bits per heavy atom. The summed E-state index contributed by atoms with van der Waals surface area (Å²) in [5.41, 5.74) is 10.2. The van der Waals surface area contributed by atoms with Crippen molar-refractivity contribution in [3.63, 3.8) is 0 Å². The van der Waals surface area contributed by atoms with Crippen LogP contribution in [0, 0.1) is 34.1 Å². The lowest BCUT2D eigenvalue weighted by Gasteiger charge is -2.13. The van der Waals surface area contributed by atoms with Crippen molar-refractivity contribution in [3.05, 3.63) is 66.7 Å². The summed E-state index contributed by atoms with van der Waals surface area (Å²) in [6, 6.07) is 4.79. The van der Waals surface area contributed by atoms with Crippen LogP contribution in [0.2, 0.25) is 0 Å². The summed E-state index contributed by atoms with van der Waals surface area (Å²) in [7, 11) is 0. The van der Waals surface area contributed by atoms with E-state index < -0.39 is 21.7 Å². The van der Waals surface area contributed by atoms with Crippen LogP contribution in [0.4, 0.5) is 11.4 Å². The number of carbonyl (C=O) groups excluding carboxylic acids is 2. The molecule has 0 saturated heterocycles. The average Bonchev–Trinajstić information content (AvgIpc) is 2.68. The number of primary amides is 2. The minimum absolute atomic E-state index is 0.0604. The van der Waals surface area contributed by atoms with Crippen LogP contribution in [0.5, 0.6) is 11.5 Å². The molecular weight excluding hydrogens is 412 g/mol. The first-order chi connectivity index (χ1) is 14.5. The van der Waals surface area contributed by atoms with Gasteiger partial charge in [0, 0.05) is 29.7 Å². The molecular formula is C19H20N4O8. The van der Waals surface area contributed by atoms with E-state index in [2.05, 4.69) is 0 Å². The average molecular weight is 432 g/mol. The molecule has 2 amide bonds. The number of ether oxygens (including phenoxy) is 2. The number of carbonyl (C=O) groups is 2. The Hall–Kier alpha value is -4.22. The zero-order chi connectivity index (χ0) is 23.3. The predicted molar refractivity (Wildman–Crippen MR) is 108 cm³/mol. The first kappa shape index (κ1) is 23.1. The molecule has 12 nitrogen and oxygen atoms in total. The Morgan fingerprint density at radius 3 is 1.45 bits per heavy atom. The number of nitro groups is 2. The number of benzene rings is 2. The number of nitrogens with zero attached hydrogens (tertiary/aromatic N) is 2. The van der Waals surface area contributed by atoms with Crippen LogP contribution in [0.1, 0.15) is 38.3 Å². The van der Waals surface area contributed by atoms with E-state index in [1.165, 1.54) is 26.0 Å². The molecule has 0 aromatic heterocycles. The first-order valence-electron chi connectivity index (χ1n) is 8.96. The maximum absolute atomic E-state index is 11.4. The second-order valence-electron chi connectivity index (χ2n) is 6.53. The van der Waals surface area contributed by atoms with Gasteiger partial charge in [0.1, 0.15) is 11.5 Å². The van der Waals surface area contributed by atoms with Crippen molar-refractivity contribution in [2.75, 3.05) is 13.2 Å². The molecule has 0 fully saturated rings. The molecule has 2 aromatic carbocycles. The van der Waals surface area contributed by atoms with Gasteiger partial charge in [-0.3, -0.25) is 29.8 Å². The molecule has 0 bridgehead atoms. The smallest absolute Gasteiger partial charge is 0.276 e. The van der Waals surface area contributed by atoms with Crippen LogP contribution in [-0.2, 0) is 0 Å². The highest BCUT2D eigenvalue weighted by Crippen LogP contribution is 2.31. The lowest BCUT2D eigenvalue weighted by molar-refractivity contribution is -0.385. The second-order valence-corrected chi connectivity index (χ2v) is 6.53. The van der Waals surface area contributed by atoms with E-state index in [9.17, 15) is 29.8 Å². The monoisotopic (exact) mass is 432 g/mol. The quantitative estimate of drug-likeness (QED) is 0.324. The van der Waals surface area contributed by atoms with E-state index >= 15 is 0 Å². The van der Waals surface area contributed by atoms with Crippen molar-refractivity contribution in [2.45, 2.75) is 20.3 Å². The molecule has 2 rings (SSSR count). The minimum atomic E-state index is -0.831. The van der Waals surface area contributed by atoms with Crippen LogP contribution >= 0.6 is 0 Å². The van der Waals surface area contributed by atoms with Gasteiger partial charge in [-0.25, -0.2) is 0 Å². The Labute approximate surface area is 176 Å². The number of nitro benzene ring substituents is 2. The molecule has 0 aliphatic heterocycles. The highest BCUT2D eigenvalue weighted by molar-refractivity contribution is 5.94. The Balaban J connectivity index is 2.08. The first-order valence-corrected chi connectivity index (χ1v) is 8.96. The van der Waals surface area contributed by atoms with Crippen molar-refractivity contribution >= 4 is 23.2 Å². The Bertz CT molecular complexity index is 984. The van der Waals surface area contributed by atoms with Gasteiger partial charge in [0.25, 0.3) is 11.4 Å². The molecule has 31 heavy (non-hydrogen) atoms. The lowest BCUT2D eigenvalue weighted by Crippen LogP contribution is -2.14. The third-order valence-corrected chi connectivity index (χ3v) is 4.43. The van der Waals surface area contributed by atoms with Gasteiger partial charge in [-0.1, -0.05) is 0 Å². The largest absolute Gasteiger partial charge is 0.493 e.